The number of carbonyl (C=O) groups excluding carboxylic acids is 1. The van der Waals surface area contributed by atoms with Crippen molar-refractivity contribution in [2.45, 2.75) is 11.8 Å². The summed E-state index contributed by atoms with van der Waals surface area (Å²) in [5, 5.41) is 2.91. The van der Waals surface area contributed by atoms with Gasteiger partial charge in [0, 0.05) is 10.5 Å². The van der Waals surface area contributed by atoms with E-state index in [1.165, 1.54) is 11.8 Å². The van der Waals surface area contributed by atoms with Crippen molar-refractivity contribution >= 4 is 29.4 Å². The average molecular weight is 327 g/mol. The Hall–Kier alpha value is -2.40. The molecule has 0 atom stereocenters. The van der Waals surface area contributed by atoms with E-state index in [9.17, 15) is 4.79 Å². The molecule has 118 valence electrons. The predicted octanol–water partition coefficient (Wildman–Crippen LogP) is 4.18. The number of para-hydroxylation sites is 2. The van der Waals surface area contributed by atoms with Gasteiger partial charge in [-0.2, -0.15) is 0 Å². The fourth-order valence-electron chi connectivity index (χ4n) is 2.35. The van der Waals surface area contributed by atoms with Crippen LogP contribution in [0.25, 0.3) is 6.08 Å². The number of methoxy groups -OCH3 is 1. The molecule has 0 unspecified atom stereocenters. The molecule has 0 radical (unpaired) electrons. The van der Waals surface area contributed by atoms with E-state index in [1.807, 2.05) is 55.5 Å². The lowest BCUT2D eigenvalue weighted by molar-refractivity contribution is -0.112. The first-order valence-electron chi connectivity index (χ1n) is 7.32. The van der Waals surface area contributed by atoms with Crippen LogP contribution >= 0.6 is 11.8 Å². The molecule has 1 aliphatic heterocycles. The van der Waals surface area contributed by atoms with Gasteiger partial charge in [0.25, 0.3) is 5.91 Å². The lowest BCUT2D eigenvalue weighted by Crippen LogP contribution is -2.17. The summed E-state index contributed by atoms with van der Waals surface area (Å²) < 4.78 is 11.0. The molecule has 2 aromatic rings. The highest BCUT2D eigenvalue weighted by molar-refractivity contribution is 8.04. The summed E-state index contributed by atoms with van der Waals surface area (Å²) in [5.41, 5.74) is 1.67. The van der Waals surface area contributed by atoms with E-state index in [0.29, 0.717) is 23.0 Å². The lowest BCUT2D eigenvalue weighted by Gasteiger charge is -2.19. The Morgan fingerprint density at radius 3 is 2.78 bits per heavy atom. The zero-order chi connectivity index (χ0) is 16.2. The van der Waals surface area contributed by atoms with Crippen molar-refractivity contribution in [2.75, 3.05) is 19.0 Å². The minimum absolute atomic E-state index is 0.112. The van der Waals surface area contributed by atoms with Gasteiger partial charge in [0.05, 0.1) is 24.3 Å². The van der Waals surface area contributed by atoms with Gasteiger partial charge in [0.2, 0.25) is 0 Å². The molecule has 0 bridgehead atoms. The molecular formula is C18H17NO3S. The molecule has 3 rings (SSSR count). The van der Waals surface area contributed by atoms with Crippen molar-refractivity contribution in [3.05, 3.63) is 52.9 Å². The second-order valence-corrected chi connectivity index (χ2v) is 5.96. The molecule has 0 saturated heterocycles. The monoisotopic (exact) mass is 327 g/mol. The number of amides is 1. The summed E-state index contributed by atoms with van der Waals surface area (Å²) in [7, 11) is 1.60. The summed E-state index contributed by atoms with van der Waals surface area (Å²) in [6.07, 6.45) is 1.84. The molecule has 4 nitrogen and oxygen atoms in total. The molecule has 1 aliphatic rings. The number of thioether (sulfide) groups is 1. The van der Waals surface area contributed by atoms with Crippen LogP contribution in [-0.2, 0) is 4.79 Å². The Balaban J connectivity index is 2.00. The Morgan fingerprint density at radius 2 is 2.00 bits per heavy atom. The standard InChI is InChI=1S/C18H17NO3S/c1-3-22-17-12(7-6-9-14(17)21-2)11-16-18(20)19-13-8-4-5-10-15(13)23-16/h4-11H,3H2,1-2H3,(H,19,20)/b16-11-. The van der Waals surface area contributed by atoms with Crippen molar-refractivity contribution in [3.8, 4) is 11.5 Å². The van der Waals surface area contributed by atoms with Crippen LogP contribution in [0.2, 0.25) is 0 Å². The molecule has 1 amide bonds. The summed E-state index contributed by atoms with van der Waals surface area (Å²) >= 11 is 1.45. The second-order valence-electron chi connectivity index (χ2n) is 4.87. The molecule has 5 heteroatoms. The number of ether oxygens (including phenoxy) is 2. The van der Waals surface area contributed by atoms with E-state index in [-0.39, 0.29) is 5.91 Å². The van der Waals surface area contributed by atoms with Crippen LogP contribution in [0.4, 0.5) is 5.69 Å². The Kier molecular flexibility index (Phi) is 4.57. The predicted molar refractivity (Wildman–Crippen MR) is 93.1 cm³/mol. The van der Waals surface area contributed by atoms with Crippen LogP contribution in [0.5, 0.6) is 11.5 Å². The van der Waals surface area contributed by atoms with Gasteiger partial charge < -0.3 is 14.8 Å². The van der Waals surface area contributed by atoms with E-state index in [2.05, 4.69) is 5.32 Å². The van der Waals surface area contributed by atoms with Crippen molar-refractivity contribution in [1.82, 2.24) is 0 Å². The molecule has 1 heterocycles. The second kappa shape index (κ2) is 6.79. The quantitative estimate of drug-likeness (QED) is 0.856. The first-order chi connectivity index (χ1) is 11.2. The van der Waals surface area contributed by atoms with Crippen molar-refractivity contribution in [1.29, 1.82) is 0 Å². The summed E-state index contributed by atoms with van der Waals surface area (Å²) in [4.78, 5) is 14.0. The molecule has 0 saturated carbocycles. The highest BCUT2D eigenvalue weighted by Crippen LogP contribution is 2.40. The number of carbonyl (C=O) groups is 1. The van der Waals surface area contributed by atoms with Gasteiger partial charge in [-0.3, -0.25) is 4.79 Å². The number of rotatable bonds is 4. The minimum Gasteiger partial charge on any atom is -0.493 e. The van der Waals surface area contributed by atoms with Crippen LogP contribution in [0.1, 0.15) is 12.5 Å². The lowest BCUT2D eigenvalue weighted by atomic mass is 10.1. The molecule has 0 aliphatic carbocycles. The van der Waals surface area contributed by atoms with Crippen LogP contribution in [0.15, 0.2) is 52.3 Å². The van der Waals surface area contributed by atoms with E-state index < -0.39 is 0 Å². The number of fused-ring (bicyclic) bond motifs is 1. The van der Waals surface area contributed by atoms with Gasteiger partial charge >= 0.3 is 0 Å². The zero-order valence-corrected chi connectivity index (χ0v) is 13.8. The van der Waals surface area contributed by atoms with Crippen LogP contribution in [0.3, 0.4) is 0 Å². The maximum absolute atomic E-state index is 12.3. The highest BCUT2D eigenvalue weighted by Gasteiger charge is 2.21. The third-order valence-electron chi connectivity index (χ3n) is 3.38. The molecule has 1 N–H and O–H groups in total. The van der Waals surface area contributed by atoms with Crippen LogP contribution in [-0.4, -0.2) is 19.6 Å². The Morgan fingerprint density at radius 1 is 1.17 bits per heavy atom. The van der Waals surface area contributed by atoms with Crippen molar-refractivity contribution in [2.24, 2.45) is 0 Å². The Labute approximate surface area is 139 Å². The molecule has 0 aromatic heterocycles. The van der Waals surface area contributed by atoms with E-state index in [4.69, 9.17) is 9.47 Å². The van der Waals surface area contributed by atoms with Gasteiger partial charge in [-0.1, -0.05) is 36.0 Å². The van der Waals surface area contributed by atoms with Gasteiger partial charge in [-0.05, 0) is 31.2 Å². The minimum atomic E-state index is -0.112. The van der Waals surface area contributed by atoms with E-state index >= 15 is 0 Å². The number of anilines is 1. The normalized spacial score (nSPS) is 15.0. The summed E-state index contributed by atoms with van der Waals surface area (Å²) in [6, 6.07) is 13.4. The molecule has 0 fully saturated rings. The summed E-state index contributed by atoms with van der Waals surface area (Å²) in [6.45, 7) is 2.44. The van der Waals surface area contributed by atoms with Crippen LogP contribution in [0, 0.1) is 0 Å². The number of hydrogen-bond acceptors (Lipinski definition) is 4. The van der Waals surface area contributed by atoms with Crippen molar-refractivity contribution < 1.29 is 14.3 Å². The van der Waals surface area contributed by atoms with Gasteiger partial charge in [0.1, 0.15) is 0 Å². The average Bonchev–Trinajstić information content (AvgIpc) is 2.57. The van der Waals surface area contributed by atoms with Crippen LogP contribution < -0.4 is 14.8 Å². The van der Waals surface area contributed by atoms with Gasteiger partial charge in [-0.15, -0.1) is 0 Å². The topological polar surface area (TPSA) is 47.6 Å². The van der Waals surface area contributed by atoms with Gasteiger partial charge in [0.15, 0.2) is 11.5 Å². The maximum Gasteiger partial charge on any atom is 0.262 e. The largest absolute Gasteiger partial charge is 0.493 e. The smallest absolute Gasteiger partial charge is 0.262 e. The molecule has 23 heavy (non-hydrogen) atoms. The molecular weight excluding hydrogens is 310 g/mol. The Bertz CT molecular complexity index is 771. The molecule has 0 spiro atoms. The summed E-state index contributed by atoms with van der Waals surface area (Å²) in [5.74, 6) is 1.19. The maximum atomic E-state index is 12.3. The van der Waals surface area contributed by atoms with Gasteiger partial charge in [-0.25, -0.2) is 0 Å². The first kappa shape index (κ1) is 15.5. The first-order valence-corrected chi connectivity index (χ1v) is 8.14. The van der Waals surface area contributed by atoms with E-state index in [1.54, 1.807) is 7.11 Å². The fourth-order valence-corrected chi connectivity index (χ4v) is 3.29. The number of nitrogens with one attached hydrogen (secondary N) is 1. The van der Waals surface area contributed by atoms with Crippen molar-refractivity contribution in [3.63, 3.8) is 0 Å². The number of benzene rings is 2. The number of hydrogen-bond donors (Lipinski definition) is 1. The van der Waals surface area contributed by atoms with E-state index in [0.717, 1.165) is 16.1 Å². The third-order valence-corrected chi connectivity index (χ3v) is 4.48. The fraction of sp³-hybridized carbons (Fsp3) is 0.167. The zero-order valence-electron chi connectivity index (χ0n) is 13.0. The highest BCUT2D eigenvalue weighted by atomic mass is 32.2. The molecule has 2 aromatic carbocycles. The third kappa shape index (κ3) is 3.19. The SMILES string of the molecule is CCOc1c(/C=C2\Sc3ccccc3NC2=O)cccc1OC.